The third kappa shape index (κ3) is 5.87. The number of benzene rings is 2. The Morgan fingerprint density at radius 2 is 1.79 bits per heavy atom. The Kier molecular flexibility index (Phi) is 7.80. The van der Waals surface area contributed by atoms with Crippen molar-refractivity contribution in [2.75, 3.05) is 13.2 Å². The van der Waals surface area contributed by atoms with E-state index in [4.69, 9.17) is 16.3 Å². The highest BCUT2D eigenvalue weighted by molar-refractivity contribution is 6.32. The first kappa shape index (κ1) is 24.7. The van der Waals surface area contributed by atoms with Crippen molar-refractivity contribution in [2.24, 2.45) is 0 Å². The Bertz CT molecular complexity index is 1250. The summed E-state index contributed by atoms with van der Waals surface area (Å²) in [5.74, 6) is -1.89. The fraction of sp³-hybridized carbons (Fsp3) is 0.208. The summed E-state index contributed by atoms with van der Waals surface area (Å²) in [4.78, 5) is 47.1. The van der Waals surface area contributed by atoms with Crippen LogP contribution in [0.25, 0.3) is 0 Å². The van der Waals surface area contributed by atoms with Crippen LogP contribution in [0.5, 0.6) is 0 Å². The Labute approximate surface area is 200 Å². The second-order valence-electron chi connectivity index (χ2n) is 7.55. The quantitative estimate of drug-likeness (QED) is 0.213. The lowest BCUT2D eigenvalue weighted by atomic mass is 10.1. The number of esters is 1. The first-order valence-electron chi connectivity index (χ1n) is 10.3. The zero-order valence-corrected chi connectivity index (χ0v) is 19.3. The average molecular weight is 484 g/mol. The number of ether oxygens (including phenoxy) is 1. The van der Waals surface area contributed by atoms with Crippen molar-refractivity contribution in [2.45, 2.75) is 20.4 Å². The molecule has 9 nitrogen and oxygen atoms in total. The van der Waals surface area contributed by atoms with Crippen LogP contribution in [0.15, 0.2) is 54.6 Å². The first-order chi connectivity index (χ1) is 16.2. The number of nitrogens with one attached hydrogen (secondary N) is 1. The number of nitro groups is 1. The number of carbonyl (C=O) groups excluding carboxylic acids is 3. The number of amides is 1. The Morgan fingerprint density at radius 1 is 1.09 bits per heavy atom. The standard InChI is InChI=1S/C24H22ClN3O6/c1-15-10-19(16(2)27(15)13-17-6-4-3-5-7-17)22(29)14-34-23(30)12-26-24(31)18-8-9-20(25)21(11-18)28(32)33/h3-11H,12-14H2,1-2H3,(H,26,31). The number of halogens is 1. The maximum Gasteiger partial charge on any atom is 0.325 e. The maximum absolute atomic E-state index is 12.6. The van der Waals surface area contributed by atoms with Gasteiger partial charge in [-0.25, -0.2) is 0 Å². The lowest BCUT2D eigenvalue weighted by molar-refractivity contribution is -0.384. The third-order valence-corrected chi connectivity index (χ3v) is 5.54. The number of hydrogen-bond donors (Lipinski definition) is 1. The van der Waals surface area contributed by atoms with E-state index in [1.807, 2.05) is 48.7 Å². The predicted octanol–water partition coefficient (Wildman–Crippen LogP) is 3.87. The molecule has 34 heavy (non-hydrogen) atoms. The van der Waals surface area contributed by atoms with Crippen LogP contribution in [-0.4, -0.2) is 40.3 Å². The molecule has 0 aliphatic heterocycles. The minimum Gasteiger partial charge on any atom is -0.456 e. The largest absolute Gasteiger partial charge is 0.456 e. The van der Waals surface area contributed by atoms with Gasteiger partial charge in [0.15, 0.2) is 6.61 Å². The number of Topliss-reactive ketones (excluding diaryl/α,β-unsaturated/α-hetero) is 1. The summed E-state index contributed by atoms with van der Waals surface area (Å²) < 4.78 is 7.02. The molecule has 0 bridgehead atoms. The average Bonchev–Trinajstić information content (AvgIpc) is 3.10. The Hall–Kier alpha value is -3.98. The molecule has 0 spiro atoms. The van der Waals surface area contributed by atoms with E-state index in [9.17, 15) is 24.5 Å². The summed E-state index contributed by atoms with van der Waals surface area (Å²) in [6.07, 6.45) is 0. The summed E-state index contributed by atoms with van der Waals surface area (Å²) >= 11 is 5.73. The molecule has 1 heterocycles. The molecule has 0 atom stereocenters. The van der Waals surface area contributed by atoms with Crippen LogP contribution >= 0.6 is 11.6 Å². The second-order valence-corrected chi connectivity index (χ2v) is 7.95. The van der Waals surface area contributed by atoms with E-state index in [1.54, 1.807) is 6.07 Å². The van der Waals surface area contributed by atoms with Crippen LogP contribution in [0.4, 0.5) is 5.69 Å². The van der Waals surface area contributed by atoms with Crippen molar-refractivity contribution < 1.29 is 24.0 Å². The van der Waals surface area contributed by atoms with Gasteiger partial charge >= 0.3 is 5.97 Å². The highest BCUT2D eigenvalue weighted by Crippen LogP contribution is 2.25. The summed E-state index contributed by atoms with van der Waals surface area (Å²) in [5.41, 5.74) is 2.76. The minimum atomic E-state index is -0.816. The molecule has 3 aromatic rings. The van der Waals surface area contributed by atoms with Gasteiger partial charge in [-0.1, -0.05) is 41.9 Å². The number of ketones is 1. The third-order valence-electron chi connectivity index (χ3n) is 5.22. The number of carbonyl (C=O) groups is 3. The maximum atomic E-state index is 12.6. The van der Waals surface area contributed by atoms with Crippen molar-refractivity contribution in [3.63, 3.8) is 0 Å². The number of nitrogens with zero attached hydrogens (tertiary/aromatic N) is 2. The van der Waals surface area contributed by atoms with E-state index >= 15 is 0 Å². The van der Waals surface area contributed by atoms with Gasteiger partial charge in [-0.2, -0.15) is 0 Å². The van der Waals surface area contributed by atoms with Gasteiger partial charge < -0.3 is 14.6 Å². The molecular formula is C24H22ClN3O6. The van der Waals surface area contributed by atoms with E-state index in [1.165, 1.54) is 12.1 Å². The van der Waals surface area contributed by atoms with Gasteiger partial charge in [0, 0.05) is 35.1 Å². The van der Waals surface area contributed by atoms with Crippen LogP contribution in [0.1, 0.15) is 37.7 Å². The van der Waals surface area contributed by atoms with Gasteiger partial charge in [-0.05, 0) is 37.6 Å². The van der Waals surface area contributed by atoms with Crippen molar-refractivity contribution in [3.05, 3.63) is 97.8 Å². The van der Waals surface area contributed by atoms with E-state index in [2.05, 4.69) is 5.32 Å². The molecule has 0 unspecified atom stereocenters. The van der Waals surface area contributed by atoms with Gasteiger partial charge in [0.25, 0.3) is 11.6 Å². The molecule has 0 aliphatic rings. The monoisotopic (exact) mass is 483 g/mol. The van der Waals surface area contributed by atoms with E-state index in [-0.39, 0.29) is 16.4 Å². The van der Waals surface area contributed by atoms with Crippen LogP contribution in [0.2, 0.25) is 5.02 Å². The zero-order valence-electron chi connectivity index (χ0n) is 18.5. The van der Waals surface area contributed by atoms with Crippen molar-refractivity contribution >= 4 is 34.9 Å². The van der Waals surface area contributed by atoms with E-state index < -0.39 is 35.6 Å². The first-order valence-corrected chi connectivity index (χ1v) is 10.7. The van der Waals surface area contributed by atoms with Crippen LogP contribution < -0.4 is 5.32 Å². The number of nitro benzene ring substituents is 1. The Balaban J connectivity index is 1.55. The number of hydrogen-bond acceptors (Lipinski definition) is 6. The molecule has 0 aliphatic carbocycles. The van der Waals surface area contributed by atoms with Gasteiger partial charge in [0.05, 0.1) is 4.92 Å². The van der Waals surface area contributed by atoms with Crippen molar-refractivity contribution in [3.8, 4) is 0 Å². The highest BCUT2D eigenvalue weighted by Gasteiger charge is 2.19. The van der Waals surface area contributed by atoms with E-state index in [0.29, 0.717) is 12.1 Å². The lowest BCUT2D eigenvalue weighted by Gasteiger charge is -2.10. The molecule has 0 fully saturated rings. The van der Waals surface area contributed by atoms with Crippen LogP contribution in [0.3, 0.4) is 0 Å². The molecular weight excluding hydrogens is 462 g/mol. The number of aryl methyl sites for hydroxylation is 1. The molecule has 1 N–H and O–H groups in total. The lowest BCUT2D eigenvalue weighted by Crippen LogP contribution is -2.31. The van der Waals surface area contributed by atoms with Crippen LogP contribution in [0, 0.1) is 24.0 Å². The van der Waals surface area contributed by atoms with Crippen molar-refractivity contribution in [1.82, 2.24) is 9.88 Å². The molecule has 1 amide bonds. The summed E-state index contributed by atoms with van der Waals surface area (Å²) in [6, 6.07) is 15.1. The summed E-state index contributed by atoms with van der Waals surface area (Å²) in [5, 5.41) is 13.1. The van der Waals surface area contributed by atoms with E-state index in [0.717, 1.165) is 23.0 Å². The molecule has 3 rings (SSSR count). The molecule has 1 aromatic heterocycles. The number of rotatable bonds is 9. The smallest absolute Gasteiger partial charge is 0.325 e. The predicted molar refractivity (Wildman–Crippen MR) is 125 cm³/mol. The number of aromatic nitrogens is 1. The van der Waals surface area contributed by atoms with Gasteiger partial charge in [-0.15, -0.1) is 0 Å². The fourth-order valence-electron chi connectivity index (χ4n) is 3.42. The molecule has 0 radical (unpaired) electrons. The second kappa shape index (κ2) is 10.8. The molecule has 0 saturated carbocycles. The molecule has 176 valence electrons. The zero-order chi connectivity index (χ0) is 24.8. The molecule has 10 heteroatoms. The SMILES string of the molecule is Cc1cc(C(=O)COC(=O)CNC(=O)c2ccc(Cl)c([N+](=O)[O-])c2)c(C)n1Cc1ccccc1. The topological polar surface area (TPSA) is 121 Å². The minimum absolute atomic E-state index is 0.0363. The van der Waals surface area contributed by atoms with Crippen LogP contribution in [-0.2, 0) is 16.1 Å². The highest BCUT2D eigenvalue weighted by atomic mass is 35.5. The normalized spacial score (nSPS) is 10.6. The van der Waals surface area contributed by atoms with Gasteiger partial charge in [0.1, 0.15) is 11.6 Å². The Morgan fingerprint density at radius 3 is 2.47 bits per heavy atom. The summed E-state index contributed by atoms with van der Waals surface area (Å²) in [7, 11) is 0. The molecule has 0 saturated heterocycles. The van der Waals surface area contributed by atoms with Gasteiger partial charge in [-0.3, -0.25) is 24.5 Å². The summed E-state index contributed by atoms with van der Waals surface area (Å²) in [6.45, 7) is 3.36. The van der Waals surface area contributed by atoms with Crippen molar-refractivity contribution in [1.29, 1.82) is 0 Å². The molecule has 2 aromatic carbocycles. The van der Waals surface area contributed by atoms with Gasteiger partial charge in [0.2, 0.25) is 5.78 Å². The fourth-order valence-corrected chi connectivity index (χ4v) is 3.60.